The van der Waals surface area contributed by atoms with Crippen molar-refractivity contribution >= 4 is 45.7 Å². The maximum atomic E-state index is 11.2. The van der Waals surface area contributed by atoms with E-state index in [4.69, 9.17) is 27.4 Å². The van der Waals surface area contributed by atoms with Gasteiger partial charge in [0.05, 0.1) is 6.42 Å². The zero-order valence-electron chi connectivity index (χ0n) is 23.8. The molecule has 1 fully saturated rings. The van der Waals surface area contributed by atoms with Crippen molar-refractivity contribution in [2.75, 3.05) is 11.9 Å². The third-order valence-corrected chi connectivity index (χ3v) is 6.29. The Labute approximate surface area is 251 Å². The Morgan fingerprint density at radius 3 is 2.02 bits per heavy atom. The van der Waals surface area contributed by atoms with Gasteiger partial charge in [0, 0.05) is 28.2 Å². The monoisotopic (exact) mass is 636 g/mol. The lowest BCUT2D eigenvalue weighted by Gasteiger charge is -2.15. The minimum Gasteiger partial charge on any atom is -0.481 e. The maximum absolute atomic E-state index is 11.2. The molecule has 0 unspecified atom stereocenters. The number of carboxylic acids is 2. The standard InChI is InChI=1S/C11H13NO2.C8H7BrO2.C6H13N.C5H12N2O2/c1-2-3-11(14)12-10-6-4-9(8-13)5-7-10;9-7-3-1-6(2-4-7)5-8(10)11;7-6-4-2-1-3-5-6;6-3-1-2-4(7)5(8)9/h4-8H,2-3H2,1H3,(H,12,14);1-4H,5H2,(H,10,11);6H,1-5,7H2;4H,1-3,6-7H2,(H,8,9)/t;;;4-/m...0/s1. The fourth-order valence-corrected chi connectivity index (χ4v) is 3.73. The molecule has 228 valence electrons. The number of carboxylic acid groups (broad SMARTS) is 2. The molecule has 1 saturated carbocycles. The van der Waals surface area contributed by atoms with E-state index in [9.17, 15) is 19.2 Å². The van der Waals surface area contributed by atoms with Crippen molar-refractivity contribution in [1.82, 2.24) is 0 Å². The first-order valence-corrected chi connectivity index (χ1v) is 14.6. The summed E-state index contributed by atoms with van der Waals surface area (Å²) in [5.74, 6) is -1.75. The van der Waals surface area contributed by atoms with Crippen LogP contribution in [-0.2, 0) is 20.8 Å². The molecule has 0 saturated heterocycles. The largest absolute Gasteiger partial charge is 0.481 e. The number of aldehydes is 1. The average molecular weight is 638 g/mol. The molecule has 1 aliphatic carbocycles. The highest BCUT2D eigenvalue weighted by atomic mass is 79.9. The van der Waals surface area contributed by atoms with Crippen LogP contribution in [0.2, 0.25) is 0 Å². The first-order chi connectivity index (χ1) is 19.5. The third-order valence-electron chi connectivity index (χ3n) is 5.76. The fraction of sp³-hybridized carbons (Fsp3) is 0.467. The van der Waals surface area contributed by atoms with Gasteiger partial charge in [-0.1, -0.05) is 54.2 Å². The Bertz CT molecular complexity index is 1010. The molecule has 10 nitrogen and oxygen atoms in total. The minimum atomic E-state index is -0.955. The Morgan fingerprint density at radius 1 is 1.02 bits per heavy atom. The summed E-state index contributed by atoms with van der Waals surface area (Å²) >= 11 is 3.26. The number of amides is 1. The summed E-state index contributed by atoms with van der Waals surface area (Å²) in [5, 5.41) is 19.4. The van der Waals surface area contributed by atoms with E-state index < -0.39 is 18.0 Å². The summed E-state index contributed by atoms with van der Waals surface area (Å²) < 4.78 is 0.964. The van der Waals surface area contributed by atoms with Crippen molar-refractivity contribution in [3.05, 3.63) is 64.1 Å². The zero-order chi connectivity index (χ0) is 31.0. The zero-order valence-corrected chi connectivity index (χ0v) is 25.4. The summed E-state index contributed by atoms with van der Waals surface area (Å²) in [7, 11) is 0. The molecule has 0 heterocycles. The Morgan fingerprint density at radius 2 is 1.61 bits per heavy atom. The number of hydrogen-bond acceptors (Lipinski definition) is 7. The van der Waals surface area contributed by atoms with Crippen molar-refractivity contribution in [1.29, 1.82) is 0 Å². The summed E-state index contributed by atoms with van der Waals surface area (Å²) in [4.78, 5) is 41.8. The number of rotatable bonds is 10. The molecular formula is C30H45BrN4O6. The van der Waals surface area contributed by atoms with Gasteiger partial charge in [-0.2, -0.15) is 0 Å². The summed E-state index contributed by atoms with van der Waals surface area (Å²) in [5.41, 5.74) is 18.1. The van der Waals surface area contributed by atoms with Gasteiger partial charge in [-0.25, -0.2) is 0 Å². The summed E-state index contributed by atoms with van der Waals surface area (Å²) in [6, 6.07) is 13.8. The number of nitrogens with one attached hydrogen (secondary N) is 1. The van der Waals surface area contributed by atoms with E-state index in [0.29, 0.717) is 37.4 Å². The van der Waals surface area contributed by atoms with Crippen LogP contribution in [0.4, 0.5) is 5.69 Å². The molecule has 1 atom stereocenters. The van der Waals surface area contributed by atoms with Crippen LogP contribution in [0.25, 0.3) is 0 Å². The Kier molecular flexibility index (Phi) is 21.8. The SMILES string of the molecule is CCCC(=O)Nc1ccc(C=O)cc1.NC1CCCCC1.NCCC[C@H](N)C(=O)O.O=C(O)Cc1ccc(Br)cc1. The predicted octanol–water partition coefficient (Wildman–Crippen LogP) is 4.73. The first kappa shape index (κ1) is 37.9. The van der Waals surface area contributed by atoms with Gasteiger partial charge in [0.1, 0.15) is 12.3 Å². The van der Waals surface area contributed by atoms with Crippen LogP contribution in [0.3, 0.4) is 0 Å². The van der Waals surface area contributed by atoms with Gasteiger partial charge < -0.3 is 32.7 Å². The van der Waals surface area contributed by atoms with Gasteiger partial charge in [-0.3, -0.25) is 19.2 Å². The lowest BCUT2D eigenvalue weighted by Crippen LogP contribution is -2.30. The molecule has 0 bridgehead atoms. The van der Waals surface area contributed by atoms with Crippen molar-refractivity contribution in [2.45, 2.75) is 83.2 Å². The normalized spacial score (nSPS) is 13.0. The van der Waals surface area contributed by atoms with E-state index in [1.54, 1.807) is 36.4 Å². The van der Waals surface area contributed by atoms with Crippen LogP contribution >= 0.6 is 15.9 Å². The number of aliphatic carboxylic acids is 2. The molecule has 1 amide bonds. The topological polar surface area (TPSA) is 199 Å². The van der Waals surface area contributed by atoms with Gasteiger partial charge in [0.15, 0.2) is 0 Å². The van der Waals surface area contributed by atoms with Gasteiger partial charge in [0.2, 0.25) is 5.91 Å². The molecular weight excluding hydrogens is 592 g/mol. The number of carbonyl (C=O) groups is 4. The van der Waals surface area contributed by atoms with Crippen LogP contribution in [0.1, 0.15) is 80.6 Å². The number of hydrogen-bond donors (Lipinski definition) is 6. The van der Waals surface area contributed by atoms with Crippen molar-refractivity contribution in [2.24, 2.45) is 17.2 Å². The number of halogens is 1. The molecule has 2 aromatic carbocycles. The average Bonchev–Trinajstić information content (AvgIpc) is 2.95. The van der Waals surface area contributed by atoms with E-state index >= 15 is 0 Å². The Balaban J connectivity index is 0.000000536. The highest BCUT2D eigenvalue weighted by Crippen LogP contribution is 2.15. The fourth-order valence-electron chi connectivity index (χ4n) is 3.47. The number of nitrogens with two attached hydrogens (primary N) is 3. The summed E-state index contributed by atoms with van der Waals surface area (Å²) in [6.45, 7) is 2.45. The molecule has 0 radical (unpaired) electrons. The van der Waals surface area contributed by atoms with Crippen LogP contribution in [-0.4, -0.2) is 53.0 Å². The van der Waals surface area contributed by atoms with Gasteiger partial charge in [-0.15, -0.1) is 0 Å². The molecule has 41 heavy (non-hydrogen) atoms. The van der Waals surface area contributed by atoms with Gasteiger partial charge >= 0.3 is 11.9 Å². The predicted molar refractivity (Wildman–Crippen MR) is 166 cm³/mol. The van der Waals surface area contributed by atoms with E-state index in [1.165, 1.54) is 32.1 Å². The lowest BCUT2D eigenvalue weighted by atomic mass is 9.97. The first-order valence-electron chi connectivity index (χ1n) is 13.8. The molecule has 0 spiro atoms. The molecule has 3 rings (SSSR count). The van der Waals surface area contributed by atoms with E-state index in [2.05, 4.69) is 21.2 Å². The smallest absolute Gasteiger partial charge is 0.320 e. The molecule has 0 aliphatic heterocycles. The highest BCUT2D eigenvalue weighted by molar-refractivity contribution is 9.10. The number of benzene rings is 2. The second-order valence-corrected chi connectivity index (χ2v) is 10.4. The van der Waals surface area contributed by atoms with E-state index in [0.717, 1.165) is 28.4 Å². The van der Waals surface area contributed by atoms with Crippen LogP contribution < -0.4 is 22.5 Å². The van der Waals surface area contributed by atoms with Gasteiger partial charge in [0.25, 0.3) is 0 Å². The van der Waals surface area contributed by atoms with Crippen molar-refractivity contribution < 1.29 is 29.4 Å². The number of anilines is 1. The van der Waals surface area contributed by atoms with Crippen LogP contribution in [0.5, 0.6) is 0 Å². The lowest BCUT2D eigenvalue weighted by molar-refractivity contribution is -0.139. The van der Waals surface area contributed by atoms with E-state index in [1.807, 2.05) is 19.1 Å². The third kappa shape index (κ3) is 21.3. The van der Waals surface area contributed by atoms with E-state index in [-0.39, 0.29) is 12.3 Å². The molecule has 9 N–H and O–H groups in total. The number of carbonyl (C=O) groups excluding carboxylic acids is 2. The second kappa shape index (κ2) is 23.6. The molecule has 11 heteroatoms. The summed E-state index contributed by atoms with van der Waals surface area (Å²) in [6.07, 6.45) is 10.0. The minimum absolute atomic E-state index is 0.00588. The maximum Gasteiger partial charge on any atom is 0.320 e. The molecule has 2 aromatic rings. The molecule has 0 aromatic heterocycles. The quantitative estimate of drug-likeness (QED) is 0.199. The molecule has 1 aliphatic rings. The van der Waals surface area contributed by atoms with Crippen molar-refractivity contribution in [3.8, 4) is 0 Å². The highest BCUT2D eigenvalue weighted by Gasteiger charge is 2.09. The van der Waals surface area contributed by atoms with Crippen LogP contribution in [0.15, 0.2) is 53.0 Å². The second-order valence-electron chi connectivity index (χ2n) is 9.51. The van der Waals surface area contributed by atoms with Crippen LogP contribution in [0, 0.1) is 0 Å². The van der Waals surface area contributed by atoms with Gasteiger partial charge in [-0.05, 0) is 80.6 Å². The Hall–Kier alpha value is -3.12. The van der Waals surface area contributed by atoms with Crippen molar-refractivity contribution in [3.63, 3.8) is 0 Å².